The summed E-state index contributed by atoms with van der Waals surface area (Å²) in [5, 5.41) is 0. The van der Waals surface area contributed by atoms with E-state index in [-0.39, 0.29) is 6.09 Å². The fraction of sp³-hybridized carbons (Fsp3) is 0.412. The minimum Gasteiger partial charge on any atom is -0.444 e. The lowest BCUT2D eigenvalue weighted by molar-refractivity contribution is -0.699. The van der Waals surface area contributed by atoms with Crippen LogP contribution >= 0.6 is 0 Å². The zero-order chi connectivity index (χ0) is 15.7. The van der Waals surface area contributed by atoms with Crippen molar-refractivity contribution in [1.29, 1.82) is 0 Å². The minimum atomic E-state index is -0.463. The summed E-state index contributed by atoms with van der Waals surface area (Å²) < 4.78 is 7.68. The number of rotatable bonds is 1. The van der Waals surface area contributed by atoms with E-state index in [1.54, 1.807) is 4.90 Å². The lowest BCUT2D eigenvalue weighted by Gasteiger charge is -2.28. The molecule has 1 amide bonds. The van der Waals surface area contributed by atoms with E-state index in [2.05, 4.69) is 21.7 Å². The summed E-state index contributed by atoms with van der Waals surface area (Å²) in [6.07, 6.45) is 1.75. The number of fused-ring (bicyclic) bond motifs is 1. The third-order valence-electron chi connectivity index (χ3n) is 3.65. The molecule has 5 nitrogen and oxygen atoms in total. The monoisotopic (exact) mass is 300 g/mol. The van der Waals surface area contributed by atoms with Crippen molar-refractivity contribution in [1.82, 2.24) is 9.88 Å². The van der Waals surface area contributed by atoms with E-state index < -0.39 is 5.60 Å². The van der Waals surface area contributed by atoms with Gasteiger partial charge in [-0.05, 0) is 20.8 Å². The van der Waals surface area contributed by atoms with Crippen molar-refractivity contribution in [3.8, 4) is 11.3 Å². The Bertz CT molecular complexity index is 671. The molecule has 1 aliphatic heterocycles. The lowest BCUT2D eigenvalue weighted by atomic mass is 10.1. The van der Waals surface area contributed by atoms with Gasteiger partial charge in [0.25, 0.3) is 5.82 Å². The highest BCUT2D eigenvalue weighted by Gasteiger charge is 2.31. The van der Waals surface area contributed by atoms with Gasteiger partial charge >= 0.3 is 6.09 Å². The Hall–Kier alpha value is -2.30. The van der Waals surface area contributed by atoms with Gasteiger partial charge in [0.1, 0.15) is 24.9 Å². The number of imidazole rings is 1. The van der Waals surface area contributed by atoms with E-state index in [0.717, 1.165) is 18.1 Å². The first-order valence-electron chi connectivity index (χ1n) is 7.57. The fourth-order valence-corrected chi connectivity index (χ4v) is 2.65. The van der Waals surface area contributed by atoms with Gasteiger partial charge in [0, 0.05) is 5.56 Å². The standard InChI is InChI=1S/C17H21N3O2/c1-17(2,3)22-16(21)19-9-10-20-14(11-18-15(20)12-19)13-7-5-4-6-8-13/h4-8,11H,9-10,12H2,1-3H3/p+1. The zero-order valence-corrected chi connectivity index (χ0v) is 13.3. The Balaban J connectivity index is 1.78. The number of hydrogen-bond acceptors (Lipinski definition) is 2. The second-order valence-corrected chi connectivity index (χ2v) is 6.54. The van der Waals surface area contributed by atoms with Crippen molar-refractivity contribution < 1.29 is 14.1 Å². The molecule has 0 fully saturated rings. The molecule has 0 unspecified atom stereocenters. The second-order valence-electron chi connectivity index (χ2n) is 6.54. The normalized spacial score (nSPS) is 14.6. The molecule has 0 saturated heterocycles. The Labute approximate surface area is 130 Å². The highest BCUT2D eigenvalue weighted by Crippen LogP contribution is 2.18. The summed E-state index contributed by atoms with van der Waals surface area (Å²) >= 11 is 0. The first-order valence-corrected chi connectivity index (χ1v) is 7.57. The molecule has 0 saturated carbocycles. The van der Waals surface area contributed by atoms with Crippen LogP contribution in [0.4, 0.5) is 4.79 Å². The molecule has 1 aromatic heterocycles. The number of amides is 1. The molecular weight excluding hydrogens is 278 g/mol. The Kier molecular flexibility index (Phi) is 3.64. The number of aromatic nitrogens is 2. The van der Waals surface area contributed by atoms with Crippen molar-refractivity contribution in [2.45, 2.75) is 39.5 Å². The highest BCUT2D eigenvalue weighted by atomic mass is 16.6. The van der Waals surface area contributed by atoms with Crippen molar-refractivity contribution in [3.05, 3.63) is 42.4 Å². The first-order chi connectivity index (χ1) is 10.4. The topological polar surface area (TPSA) is 49.2 Å². The van der Waals surface area contributed by atoms with Gasteiger partial charge in [0.2, 0.25) is 0 Å². The number of carbonyl (C=O) groups is 1. The smallest absolute Gasteiger partial charge is 0.410 e. The predicted molar refractivity (Wildman–Crippen MR) is 83.1 cm³/mol. The van der Waals surface area contributed by atoms with Crippen LogP contribution in [0.1, 0.15) is 26.6 Å². The third-order valence-corrected chi connectivity index (χ3v) is 3.65. The van der Waals surface area contributed by atoms with Gasteiger partial charge in [-0.15, -0.1) is 0 Å². The number of carbonyl (C=O) groups excluding carboxylic acids is 1. The maximum atomic E-state index is 12.2. The summed E-state index contributed by atoms with van der Waals surface area (Å²) in [6.45, 7) is 7.62. The minimum absolute atomic E-state index is 0.255. The number of hydrogen-bond donors (Lipinski definition) is 1. The largest absolute Gasteiger partial charge is 0.444 e. The van der Waals surface area contributed by atoms with Gasteiger partial charge in [0.15, 0.2) is 5.69 Å². The Morgan fingerprint density at radius 3 is 2.68 bits per heavy atom. The number of ether oxygens (including phenoxy) is 1. The van der Waals surface area contributed by atoms with Crippen LogP contribution in [0.3, 0.4) is 0 Å². The first kappa shape index (κ1) is 14.6. The maximum absolute atomic E-state index is 12.2. The van der Waals surface area contributed by atoms with Gasteiger partial charge < -0.3 is 4.74 Å². The van der Waals surface area contributed by atoms with Gasteiger partial charge in [-0.3, -0.25) is 4.90 Å². The van der Waals surface area contributed by atoms with Crippen LogP contribution in [0, 0.1) is 0 Å². The van der Waals surface area contributed by atoms with Crippen LogP contribution < -0.4 is 4.57 Å². The van der Waals surface area contributed by atoms with Gasteiger partial charge in [-0.2, -0.15) is 0 Å². The highest BCUT2D eigenvalue weighted by molar-refractivity contribution is 5.68. The quantitative estimate of drug-likeness (QED) is 0.823. The van der Waals surface area contributed by atoms with Crippen LogP contribution in [0.5, 0.6) is 0 Å². The van der Waals surface area contributed by atoms with Gasteiger partial charge in [0.05, 0.1) is 6.54 Å². The molecule has 1 N–H and O–H groups in total. The van der Waals surface area contributed by atoms with Crippen LogP contribution in [-0.2, 0) is 17.8 Å². The maximum Gasteiger partial charge on any atom is 0.410 e. The van der Waals surface area contributed by atoms with Crippen molar-refractivity contribution in [2.24, 2.45) is 0 Å². The van der Waals surface area contributed by atoms with E-state index in [1.807, 2.05) is 45.2 Å². The molecule has 2 aromatic rings. The second kappa shape index (κ2) is 5.48. The third kappa shape index (κ3) is 2.98. The molecule has 5 heteroatoms. The van der Waals surface area contributed by atoms with Crippen molar-refractivity contribution >= 4 is 6.09 Å². The molecule has 3 rings (SSSR count). The summed E-state index contributed by atoms with van der Waals surface area (Å²) in [6, 6.07) is 10.3. The average Bonchev–Trinajstić information content (AvgIpc) is 2.89. The molecule has 0 atom stereocenters. The molecule has 2 heterocycles. The summed E-state index contributed by atoms with van der Waals surface area (Å²) in [5.41, 5.74) is 1.87. The van der Waals surface area contributed by atoms with Gasteiger partial charge in [-0.25, -0.2) is 14.3 Å². The van der Waals surface area contributed by atoms with Crippen LogP contribution in [0.25, 0.3) is 11.3 Å². The van der Waals surface area contributed by atoms with E-state index in [0.29, 0.717) is 13.1 Å². The van der Waals surface area contributed by atoms with Crippen molar-refractivity contribution in [2.75, 3.05) is 6.54 Å². The molecule has 0 spiro atoms. The van der Waals surface area contributed by atoms with E-state index in [1.165, 1.54) is 5.56 Å². The Morgan fingerprint density at radius 1 is 1.27 bits per heavy atom. The van der Waals surface area contributed by atoms with Crippen LogP contribution in [0.2, 0.25) is 0 Å². The van der Waals surface area contributed by atoms with Crippen LogP contribution in [0.15, 0.2) is 36.5 Å². The number of benzene rings is 1. The molecule has 0 radical (unpaired) electrons. The molecule has 1 aliphatic rings. The predicted octanol–water partition coefficient (Wildman–Crippen LogP) is 2.72. The van der Waals surface area contributed by atoms with Crippen LogP contribution in [-0.4, -0.2) is 28.1 Å². The molecule has 116 valence electrons. The van der Waals surface area contributed by atoms with E-state index in [4.69, 9.17) is 4.74 Å². The fourth-order valence-electron chi connectivity index (χ4n) is 2.65. The SMILES string of the molecule is CC(C)(C)OC(=O)N1CC[n+]2c(-c3ccccc3)c[nH]c2C1. The molecule has 22 heavy (non-hydrogen) atoms. The zero-order valence-electron chi connectivity index (χ0n) is 13.3. The number of nitrogens with one attached hydrogen (secondary N) is 1. The van der Waals surface area contributed by atoms with Crippen molar-refractivity contribution in [3.63, 3.8) is 0 Å². The summed E-state index contributed by atoms with van der Waals surface area (Å²) in [7, 11) is 0. The number of H-pyrrole nitrogens is 1. The molecule has 0 aliphatic carbocycles. The number of aromatic amines is 1. The molecular formula is C17H22N3O2+. The van der Waals surface area contributed by atoms with E-state index in [9.17, 15) is 4.79 Å². The van der Waals surface area contributed by atoms with Gasteiger partial charge in [-0.1, -0.05) is 30.3 Å². The molecule has 0 bridgehead atoms. The number of nitrogens with zero attached hydrogens (tertiary/aromatic N) is 2. The summed E-state index contributed by atoms with van der Waals surface area (Å²) in [5.74, 6) is 1.02. The average molecular weight is 300 g/mol. The lowest BCUT2D eigenvalue weighted by Crippen LogP contribution is -2.52. The molecule has 1 aromatic carbocycles. The Morgan fingerprint density at radius 2 is 2.00 bits per heavy atom. The van der Waals surface area contributed by atoms with E-state index >= 15 is 0 Å². The summed E-state index contributed by atoms with van der Waals surface area (Å²) in [4.78, 5) is 17.2.